The van der Waals surface area contributed by atoms with Gasteiger partial charge in [-0.25, -0.2) is 4.90 Å². The molecule has 3 aromatic rings. The lowest BCUT2D eigenvalue weighted by molar-refractivity contribution is -0.120. The SMILES string of the molecule is CCCCc1ccc(N2C(=O)C(Nc3ccc(C)c(Cl)c3)=C(Sc3ccccc3)C2=O)cc1. The lowest BCUT2D eigenvalue weighted by atomic mass is 10.1. The Hall–Kier alpha value is -3.02. The molecule has 0 atom stereocenters. The van der Waals surface area contributed by atoms with Crippen LogP contribution >= 0.6 is 23.4 Å². The van der Waals surface area contributed by atoms with Crippen molar-refractivity contribution in [2.24, 2.45) is 0 Å². The summed E-state index contributed by atoms with van der Waals surface area (Å²) in [5, 5.41) is 3.75. The Kier molecular flexibility index (Phi) is 7.21. The summed E-state index contributed by atoms with van der Waals surface area (Å²) in [4.78, 5) is 29.4. The van der Waals surface area contributed by atoms with Crippen LogP contribution in [0.4, 0.5) is 11.4 Å². The quantitative estimate of drug-likeness (QED) is 0.356. The molecule has 0 aromatic heterocycles. The van der Waals surface area contributed by atoms with E-state index in [1.165, 1.54) is 22.2 Å². The zero-order valence-electron chi connectivity index (χ0n) is 18.6. The molecule has 1 aliphatic rings. The number of aryl methyl sites for hydroxylation is 2. The number of amides is 2. The number of imide groups is 1. The van der Waals surface area contributed by atoms with Crippen molar-refractivity contribution < 1.29 is 9.59 Å². The van der Waals surface area contributed by atoms with E-state index >= 15 is 0 Å². The number of hydrogen-bond acceptors (Lipinski definition) is 4. The van der Waals surface area contributed by atoms with Crippen LogP contribution in [0.1, 0.15) is 30.9 Å². The molecule has 1 N–H and O–H groups in total. The van der Waals surface area contributed by atoms with Gasteiger partial charge in [0, 0.05) is 15.6 Å². The number of nitrogens with zero attached hydrogens (tertiary/aromatic N) is 1. The van der Waals surface area contributed by atoms with Crippen molar-refractivity contribution in [2.45, 2.75) is 38.0 Å². The number of halogens is 1. The van der Waals surface area contributed by atoms with E-state index in [0.29, 0.717) is 21.3 Å². The highest BCUT2D eigenvalue weighted by molar-refractivity contribution is 8.04. The van der Waals surface area contributed by atoms with Crippen LogP contribution in [0, 0.1) is 6.92 Å². The third-order valence-electron chi connectivity index (χ3n) is 5.46. The highest BCUT2D eigenvalue weighted by Crippen LogP contribution is 2.38. The van der Waals surface area contributed by atoms with Gasteiger partial charge in [0.15, 0.2) is 0 Å². The highest BCUT2D eigenvalue weighted by atomic mass is 35.5. The van der Waals surface area contributed by atoms with Gasteiger partial charge in [-0.15, -0.1) is 0 Å². The number of anilines is 2. The summed E-state index contributed by atoms with van der Waals surface area (Å²) < 4.78 is 0. The van der Waals surface area contributed by atoms with E-state index in [1.54, 1.807) is 6.07 Å². The lowest BCUT2D eigenvalue weighted by Crippen LogP contribution is -2.32. The number of unbranched alkanes of at least 4 members (excludes halogenated alkanes) is 1. The van der Waals surface area contributed by atoms with Gasteiger partial charge in [-0.1, -0.05) is 73.1 Å². The van der Waals surface area contributed by atoms with Gasteiger partial charge in [0.1, 0.15) is 10.6 Å². The first kappa shape index (κ1) is 23.1. The largest absolute Gasteiger partial charge is 0.350 e. The Morgan fingerprint density at radius 2 is 1.67 bits per heavy atom. The van der Waals surface area contributed by atoms with Crippen molar-refractivity contribution in [3.8, 4) is 0 Å². The first-order valence-electron chi connectivity index (χ1n) is 11.0. The monoisotopic (exact) mass is 476 g/mol. The normalized spacial score (nSPS) is 13.7. The Morgan fingerprint density at radius 1 is 0.939 bits per heavy atom. The van der Waals surface area contributed by atoms with Gasteiger partial charge in [0.2, 0.25) is 0 Å². The van der Waals surface area contributed by atoms with Crippen molar-refractivity contribution in [3.05, 3.63) is 99.5 Å². The lowest BCUT2D eigenvalue weighted by Gasteiger charge is -2.16. The molecule has 1 aliphatic heterocycles. The second-order valence-corrected chi connectivity index (χ2v) is 9.41. The van der Waals surface area contributed by atoms with Crippen molar-refractivity contribution in [2.75, 3.05) is 10.2 Å². The Morgan fingerprint density at radius 3 is 2.33 bits per heavy atom. The van der Waals surface area contributed by atoms with E-state index in [1.807, 2.05) is 73.7 Å². The predicted molar refractivity (Wildman–Crippen MR) is 137 cm³/mol. The number of benzene rings is 3. The van der Waals surface area contributed by atoms with Gasteiger partial charge in [-0.2, -0.15) is 0 Å². The maximum Gasteiger partial charge on any atom is 0.283 e. The van der Waals surface area contributed by atoms with Gasteiger partial charge in [-0.05, 0) is 67.3 Å². The summed E-state index contributed by atoms with van der Waals surface area (Å²) in [5.41, 5.74) is 3.61. The predicted octanol–water partition coefficient (Wildman–Crippen LogP) is 6.98. The van der Waals surface area contributed by atoms with Crippen LogP contribution < -0.4 is 10.2 Å². The highest BCUT2D eigenvalue weighted by Gasteiger charge is 2.40. The van der Waals surface area contributed by atoms with E-state index in [0.717, 1.165) is 29.7 Å². The van der Waals surface area contributed by atoms with Gasteiger partial charge >= 0.3 is 0 Å². The maximum absolute atomic E-state index is 13.5. The molecular formula is C27H25ClN2O2S. The third-order valence-corrected chi connectivity index (χ3v) is 6.96. The van der Waals surface area contributed by atoms with Crippen LogP contribution in [-0.2, 0) is 16.0 Å². The molecule has 2 amide bonds. The van der Waals surface area contributed by atoms with Crippen LogP contribution in [-0.4, -0.2) is 11.8 Å². The summed E-state index contributed by atoms with van der Waals surface area (Å²) in [5.74, 6) is -0.715. The van der Waals surface area contributed by atoms with E-state index < -0.39 is 0 Å². The van der Waals surface area contributed by atoms with Gasteiger partial charge in [0.05, 0.1) is 5.69 Å². The van der Waals surface area contributed by atoms with E-state index in [2.05, 4.69) is 12.2 Å². The Labute approximate surface area is 203 Å². The molecule has 4 rings (SSSR count). The summed E-state index contributed by atoms with van der Waals surface area (Å²) >= 11 is 7.56. The van der Waals surface area contributed by atoms with Gasteiger partial charge in [0.25, 0.3) is 11.8 Å². The number of rotatable bonds is 8. The minimum atomic E-state index is -0.378. The molecule has 4 nitrogen and oxygen atoms in total. The molecule has 0 fully saturated rings. The van der Waals surface area contributed by atoms with Gasteiger partial charge in [-0.3, -0.25) is 9.59 Å². The summed E-state index contributed by atoms with van der Waals surface area (Å²) in [6.07, 6.45) is 3.20. The molecule has 168 valence electrons. The molecule has 33 heavy (non-hydrogen) atoms. The molecule has 3 aromatic carbocycles. The molecule has 0 saturated heterocycles. The fraction of sp³-hybridized carbons (Fsp3) is 0.185. The van der Waals surface area contributed by atoms with E-state index in [9.17, 15) is 9.59 Å². The number of nitrogens with one attached hydrogen (secondary N) is 1. The average Bonchev–Trinajstić information content (AvgIpc) is 3.05. The Balaban J connectivity index is 1.68. The van der Waals surface area contributed by atoms with E-state index in [4.69, 9.17) is 11.6 Å². The first-order valence-corrected chi connectivity index (χ1v) is 12.2. The average molecular weight is 477 g/mol. The molecule has 0 bridgehead atoms. The third kappa shape index (κ3) is 5.15. The van der Waals surface area contributed by atoms with Crippen molar-refractivity contribution >= 4 is 46.6 Å². The zero-order valence-corrected chi connectivity index (χ0v) is 20.2. The molecule has 0 unspecified atom stereocenters. The number of thioether (sulfide) groups is 1. The molecular weight excluding hydrogens is 452 g/mol. The van der Waals surface area contributed by atoms with Crippen molar-refractivity contribution in [3.63, 3.8) is 0 Å². The van der Waals surface area contributed by atoms with Crippen LogP contribution in [0.5, 0.6) is 0 Å². The number of carbonyl (C=O) groups excluding carboxylic acids is 2. The number of carbonyl (C=O) groups is 2. The maximum atomic E-state index is 13.5. The minimum absolute atomic E-state index is 0.254. The molecule has 0 radical (unpaired) electrons. The molecule has 1 heterocycles. The summed E-state index contributed by atoms with van der Waals surface area (Å²) in [6.45, 7) is 4.07. The van der Waals surface area contributed by atoms with Crippen LogP contribution in [0.3, 0.4) is 0 Å². The van der Waals surface area contributed by atoms with Crippen LogP contribution in [0.15, 0.2) is 88.3 Å². The fourth-order valence-corrected chi connectivity index (χ4v) is 4.69. The molecule has 0 saturated carbocycles. The number of hydrogen-bond donors (Lipinski definition) is 1. The van der Waals surface area contributed by atoms with Gasteiger partial charge < -0.3 is 5.32 Å². The molecule has 0 aliphatic carbocycles. The van der Waals surface area contributed by atoms with Crippen molar-refractivity contribution in [1.82, 2.24) is 0 Å². The topological polar surface area (TPSA) is 49.4 Å². The molecule has 6 heteroatoms. The fourth-order valence-electron chi connectivity index (χ4n) is 3.56. The summed E-state index contributed by atoms with van der Waals surface area (Å²) in [6, 6.07) is 22.7. The standard InChI is InChI=1S/C27H25ClN2O2S/c1-3-4-8-19-12-15-21(16-13-19)30-26(31)24(29-20-14-11-18(2)23(28)17-20)25(27(30)32)33-22-9-6-5-7-10-22/h5-7,9-17,29H,3-4,8H2,1-2H3. The van der Waals surface area contributed by atoms with Crippen molar-refractivity contribution in [1.29, 1.82) is 0 Å². The minimum Gasteiger partial charge on any atom is -0.350 e. The van der Waals surface area contributed by atoms with Crippen LogP contribution in [0.25, 0.3) is 0 Å². The van der Waals surface area contributed by atoms with Crippen LogP contribution in [0.2, 0.25) is 5.02 Å². The molecule has 0 spiro atoms. The Bertz CT molecular complexity index is 1210. The first-order chi connectivity index (χ1) is 16.0. The van der Waals surface area contributed by atoms with E-state index in [-0.39, 0.29) is 17.5 Å². The summed E-state index contributed by atoms with van der Waals surface area (Å²) in [7, 11) is 0. The zero-order chi connectivity index (χ0) is 23.4. The second-order valence-electron chi connectivity index (χ2n) is 7.92. The second kappa shape index (κ2) is 10.3. The smallest absolute Gasteiger partial charge is 0.283 e.